The van der Waals surface area contributed by atoms with Crippen LogP contribution >= 0.6 is 12.2 Å². The number of benzene rings is 2. The van der Waals surface area contributed by atoms with Crippen LogP contribution in [0, 0.1) is 0 Å². The molecule has 0 aliphatic carbocycles. The third kappa shape index (κ3) is 3.90. The Morgan fingerprint density at radius 1 is 0.900 bits per heavy atom. The molecular formula is C21H16F6N2S. The topological polar surface area (TPSA) is 8.17 Å². The minimum atomic E-state index is -4.42. The smallest absolute Gasteiger partial charge is 0.356 e. The molecule has 0 bridgehead atoms. The van der Waals surface area contributed by atoms with Gasteiger partial charge in [0, 0.05) is 24.0 Å². The summed E-state index contributed by atoms with van der Waals surface area (Å²) < 4.78 is 79.2. The zero-order chi connectivity index (χ0) is 21.7. The highest BCUT2D eigenvalue weighted by molar-refractivity contribution is 7.80. The van der Waals surface area contributed by atoms with Gasteiger partial charge in [-0.1, -0.05) is 42.5 Å². The first-order valence-electron chi connectivity index (χ1n) is 9.17. The van der Waals surface area contributed by atoms with Gasteiger partial charge in [0.05, 0.1) is 11.3 Å². The molecule has 0 spiro atoms. The Balaban J connectivity index is 1.68. The average Bonchev–Trinajstić information content (AvgIpc) is 2.97. The SMILES string of the molecule is FC(F)(F)Cn1c2c(c3ccccc31)CCN(Cc1ccc(C(F)(F)F)cc1)C2=S. The van der Waals surface area contributed by atoms with E-state index in [-0.39, 0.29) is 11.5 Å². The van der Waals surface area contributed by atoms with Gasteiger partial charge in [0.1, 0.15) is 11.5 Å². The maximum Gasteiger partial charge on any atom is 0.416 e. The van der Waals surface area contributed by atoms with Crippen molar-refractivity contribution in [3.8, 4) is 0 Å². The standard InChI is InChI=1S/C21H16F6N2S/c22-20(23,24)12-29-17-4-2-1-3-15(17)16-9-10-28(19(30)18(16)29)11-13-5-7-14(8-6-13)21(25,26)27/h1-8H,9-12H2. The van der Waals surface area contributed by atoms with Gasteiger partial charge in [-0.2, -0.15) is 26.3 Å². The lowest BCUT2D eigenvalue weighted by molar-refractivity contribution is -0.140. The van der Waals surface area contributed by atoms with Gasteiger partial charge in [-0.05, 0) is 35.7 Å². The number of hydrogen-bond donors (Lipinski definition) is 0. The van der Waals surface area contributed by atoms with Gasteiger partial charge in [-0.3, -0.25) is 0 Å². The molecule has 4 rings (SSSR count). The van der Waals surface area contributed by atoms with Crippen LogP contribution in [0.4, 0.5) is 26.3 Å². The summed E-state index contributed by atoms with van der Waals surface area (Å²) in [5.41, 5.74) is 1.47. The molecule has 2 heterocycles. The summed E-state index contributed by atoms with van der Waals surface area (Å²) in [6.07, 6.45) is -8.34. The van der Waals surface area contributed by atoms with Crippen molar-refractivity contribution in [1.29, 1.82) is 0 Å². The maximum absolute atomic E-state index is 13.3. The van der Waals surface area contributed by atoms with Gasteiger partial charge in [-0.25, -0.2) is 0 Å². The van der Waals surface area contributed by atoms with Gasteiger partial charge in [-0.15, -0.1) is 0 Å². The molecule has 1 aromatic heterocycles. The van der Waals surface area contributed by atoms with E-state index in [1.54, 1.807) is 29.2 Å². The van der Waals surface area contributed by atoms with Gasteiger partial charge >= 0.3 is 12.4 Å². The fourth-order valence-corrected chi connectivity index (χ4v) is 4.27. The maximum atomic E-state index is 13.3. The third-order valence-electron chi connectivity index (χ3n) is 5.19. The van der Waals surface area contributed by atoms with Crippen molar-refractivity contribution in [2.75, 3.05) is 6.54 Å². The van der Waals surface area contributed by atoms with E-state index in [0.29, 0.717) is 29.7 Å². The molecule has 2 nitrogen and oxygen atoms in total. The first-order chi connectivity index (χ1) is 14.0. The van der Waals surface area contributed by atoms with E-state index in [0.717, 1.165) is 23.1 Å². The molecule has 0 saturated carbocycles. The fraction of sp³-hybridized carbons (Fsp3) is 0.286. The summed E-state index contributed by atoms with van der Waals surface area (Å²) in [4.78, 5) is 2.02. The zero-order valence-electron chi connectivity index (χ0n) is 15.5. The molecule has 30 heavy (non-hydrogen) atoms. The molecule has 2 aromatic carbocycles. The molecule has 9 heteroatoms. The number of alkyl halides is 6. The molecule has 1 aliphatic rings. The molecule has 0 atom stereocenters. The van der Waals surface area contributed by atoms with Crippen LogP contribution in [0.2, 0.25) is 0 Å². The molecule has 0 fully saturated rings. The highest BCUT2D eigenvalue weighted by Gasteiger charge is 2.35. The van der Waals surface area contributed by atoms with Crippen LogP contribution in [0.1, 0.15) is 22.4 Å². The Morgan fingerprint density at radius 2 is 1.57 bits per heavy atom. The first kappa shape index (κ1) is 20.7. The first-order valence-corrected chi connectivity index (χ1v) is 9.58. The van der Waals surface area contributed by atoms with Crippen LogP contribution < -0.4 is 0 Å². The number of hydrogen-bond acceptors (Lipinski definition) is 1. The number of aromatic nitrogens is 1. The van der Waals surface area contributed by atoms with E-state index >= 15 is 0 Å². The lowest BCUT2D eigenvalue weighted by Gasteiger charge is -2.31. The van der Waals surface area contributed by atoms with Crippen molar-refractivity contribution in [2.24, 2.45) is 0 Å². The molecule has 158 valence electrons. The number of fused-ring (bicyclic) bond motifs is 3. The summed E-state index contributed by atoms with van der Waals surface area (Å²) in [5, 5.41) is 0.744. The Bertz CT molecular complexity index is 1100. The summed E-state index contributed by atoms with van der Waals surface area (Å²) >= 11 is 5.54. The highest BCUT2D eigenvalue weighted by Crippen LogP contribution is 2.34. The number of rotatable bonds is 3. The average molecular weight is 442 g/mol. The van der Waals surface area contributed by atoms with E-state index in [9.17, 15) is 26.3 Å². The van der Waals surface area contributed by atoms with Crippen LogP contribution in [0.15, 0.2) is 48.5 Å². The second-order valence-electron chi connectivity index (χ2n) is 7.22. The number of halogens is 6. The second-order valence-corrected chi connectivity index (χ2v) is 7.60. The van der Waals surface area contributed by atoms with Gasteiger partial charge in [0.2, 0.25) is 0 Å². The summed E-state index contributed by atoms with van der Waals surface area (Å²) in [5.74, 6) is 0. The third-order valence-corrected chi connectivity index (χ3v) is 5.64. The Labute approximate surface area is 173 Å². The molecule has 0 saturated heterocycles. The zero-order valence-corrected chi connectivity index (χ0v) is 16.3. The van der Waals surface area contributed by atoms with E-state index in [2.05, 4.69) is 0 Å². The predicted molar refractivity (Wildman–Crippen MR) is 105 cm³/mol. The molecule has 0 N–H and O–H groups in total. The molecule has 3 aromatic rings. The quantitative estimate of drug-likeness (QED) is 0.366. The number of thiocarbonyl (C=S) groups is 1. The van der Waals surface area contributed by atoms with Crippen LogP contribution in [-0.4, -0.2) is 27.2 Å². The highest BCUT2D eigenvalue weighted by atomic mass is 32.1. The monoisotopic (exact) mass is 442 g/mol. The number of nitrogens with zero attached hydrogens (tertiary/aromatic N) is 2. The Kier molecular flexibility index (Phi) is 5.04. The minimum absolute atomic E-state index is 0.226. The lowest BCUT2D eigenvalue weighted by Crippen LogP contribution is -2.38. The Morgan fingerprint density at radius 3 is 2.20 bits per heavy atom. The van der Waals surface area contributed by atoms with E-state index in [4.69, 9.17) is 12.2 Å². The van der Waals surface area contributed by atoms with Crippen molar-refractivity contribution in [1.82, 2.24) is 9.47 Å². The fourth-order valence-electron chi connectivity index (χ4n) is 3.88. The molecule has 0 amide bonds. The van der Waals surface area contributed by atoms with Gasteiger partial charge in [0.15, 0.2) is 0 Å². The summed E-state index contributed by atoms with van der Waals surface area (Å²) in [6, 6.07) is 11.6. The molecule has 0 unspecified atom stereocenters. The van der Waals surface area contributed by atoms with Crippen LogP contribution in [0.5, 0.6) is 0 Å². The van der Waals surface area contributed by atoms with Crippen LogP contribution in [0.3, 0.4) is 0 Å². The van der Waals surface area contributed by atoms with E-state index < -0.39 is 24.5 Å². The van der Waals surface area contributed by atoms with Crippen LogP contribution in [0.25, 0.3) is 10.9 Å². The molecule has 1 aliphatic heterocycles. The van der Waals surface area contributed by atoms with E-state index in [1.165, 1.54) is 16.7 Å². The normalized spacial score (nSPS) is 15.0. The second kappa shape index (κ2) is 7.30. The lowest BCUT2D eigenvalue weighted by atomic mass is 10.0. The van der Waals surface area contributed by atoms with Crippen LogP contribution in [-0.2, 0) is 25.7 Å². The van der Waals surface area contributed by atoms with Crippen molar-refractivity contribution in [2.45, 2.75) is 31.9 Å². The molecule has 0 radical (unpaired) electrons. The van der Waals surface area contributed by atoms with Crippen molar-refractivity contribution in [3.63, 3.8) is 0 Å². The predicted octanol–water partition coefficient (Wildman–Crippen LogP) is 5.96. The number of para-hydroxylation sites is 1. The van der Waals surface area contributed by atoms with Crippen molar-refractivity contribution < 1.29 is 26.3 Å². The van der Waals surface area contributed by atoms with Crippen molar-refractivity contribution in [3.05, 3.63) is 70.9 Å². The molecular weight excluding hydrogens is 426 g/mol. The van der Waals surface area contributed by atoms with Crippen molar-refractivity contribution >= 4 is 28.1 Å². The Hall–Kier alpha value is -2.55. The van der Waals surface area contributed by atoms with Gasteiger partial charge < -0.3 is 9.47 Å². The minimum Gasteiger partial charge on any atom is -0.356 e. The summed E-state index contributed by atoms with van der Waals surface area (Å²) in [7, 11) is 0. The largest absolute Gasteiger partial charge is 0.416 e. The van der Waals surface area contributed by atoms with E-state index in [1.807, 2.05) is 0 Å². The summed E-state index contributed by atoms with van der Waals surface area (Å²) in [6.45, 7) is -0.450. The van der Waals surface area contributed by atoms with Gasteiger partial charge in [0.25, 0.3) is 0 Å².